The summed E-state index contributed by atoms with van der Waals surface area (Å²) in [5.74, 6) is -3.04. The van der Waals surface area contributed by atoms with Crippen molar-refractivity contribution in [2.75, 3.05) is 14.2 Å². The Morgan fingerprint density at radius 3 is 1.80 bits per heavy atom. The summed E-state index contributed by atoms with van der Waals surface area (Å²) in [5.41, 5.74) is 1.28. The van der Waals surface area contributed by atoms with Gasteiger partial charge in [-0.3, -0.25) is 9.59 Å². The van der Waals surface area contributed by atoms with Crippen LogP contribution >= 0.6 is 0 Å². The van der Waals surface area contributed by atoms with Gasteiger partial charge in [-0.2, -0.15) is 0 Å². The topological polar surface area (TPSA) is 134 Å². The molecule has 0 saturated heterocycles. The van der Waals surface area contributed by atoms with Crippen LogP contribution in [0.5, 0.6) is 23.0 Å². The van der Waals surface area contributed by atoms with Crippen molar-refractivity contribution in [1.82, 2.24) is 0 Å². The van der Waals surface area contributed by atoms with Crippen LogP contribution in [0, 0.1) is 11.8 Å². The van der Waals surface area contributed by atoms with Crippen molar-refractivity contribution in [3.05, 3.63) is 47.5 Å². The first-order chi connectivity index (χ1) is 14.2. The highest BCUT2D eigenvalue weighted by Crippen LogP contribution is 2.33. The number of ether oxygens (including phenoxy) is 2. The van der Waals surface area contributed by atoms with Crippen molar-refractivity contribution in [1.29, 1.82) is 0 Å². The second kappa shape index (κ2) is 10.4. The fourth-order valence-electron chi connectivity index (χ4n) is 3.39. The fraction of sp³-hybridized carbons (Fsp3) is 0.364. The smallest absolute Gasteiger partial charge is 0.309 e. The zero-order valence-corrected chi connectivity index (χ0v) is 16.9. The molecule has 2 atom stereocenters. The van der Waals surface area contributed by atoms with Gasteiger partial charge in [-0.15, -0.1) is 0 Å². The minimum Gasteiger partial charge on any atom is -0.504 e. The van der Waals surface area contributed by atoms with Gasteiger partial charge >= 0.3 is 11.9 Å². The average molecular weight is 418 g/mol. The predicted octanol–water partition coefficient (Wildman–Crippen LogP) is 2.65. The number of hydrogen-bond donors (Lipinski definition) is 4. The standard InChI is InChI=1S/C22H26O8/c1-29-21(27)8-5-15(9-13-3-6-17(23)19(25)11-13)16(22(28)30-2)10-14-4-7-18(24)20(26)12-14/h3-4,6-7,11-12,15-16,23-26H,5,8-10H2,1-2H3/t15-,16-/m0/s1. The molecule has 2 aromatic carbocycles. The summed E-state index contributed by atoms with van der Waals surface area (Å²) < 4.78 is 9.69. The summed E-state index contributed by atoms with van der Waals surface area (Å²) in [6.45, 7) is 0. The molecular formula is C22H26O8. The van der Waals surface area contributed by atoms with Crippen molar-refractivity contribution in [3.8, 4) is 23.0 Å². The van der Waals surface area contributed by atoms with E-state index in [0.717, 1.165) is 0 Å². The summed E-state index contributed by atoms with van der Waals surface area (Å²) in [6, 6.07) is 8.68. The Bertz CT molecular complexity index is 893. The van der Waals surface area contributed by atoms with Crippen molar-refractivity contribution in [3.63, 3.8) is 0 Å². The first-order valence-electron chi connectivity index (χ1n) is 9.41. The second-order valence-corrected chi connectivity index (χ2v) is 7.06. The van der Waals surface area contributed by atoms with Crippen molar-refractivity contribution in [2.45, 2.75) is 25.7 Å². The van der Waals surface area contributed by atoms with Crippen LogP contribution in [0.15, 0.2) is 36.4 Å². The van der Waals surface area contributed by atoms with Crippen LogP contribution in [-0.4, -0.2) is 46.6 Å². The Morgan fingerprint density at radius 1 is 0.800 bits per heavy atom. The van der Waals surface area contributed by atoms with Crippen LogP contribution in [-0.2, 0) is 31.9 Å². The number of benzene rings is 2. The number of phenols is 4. The van der Waals surface area contributed by atoms with E-state index in [0.29, 0.717) is 24.0 Å². The van der Waals surface area contributed by atoms with E-state index in [1.165, 1.54) is 38.5 Å². The molecule has 162 valence electrons. The van der Waals surface area contributed by atoms with E-state index in [-0.39, 0.29) is 41.8 Å². The molecule has 2 rings (SSSR count). The number of rotatable bonds is 9. The Morgan fingerprint density at radius 2 is 1.33 bits per heavy atom. The fourth-order valence-corrected chi connectivity index (χ4v) is 3.39. The Balaban J connectivity index is 2.34. The maximum atomic E-state index is 12.6. The Hall–Kier alpha value is -3.42. The Labute approximate surface area is 174 Å². The van der Waals surface area contributed by atoms with Crippen molar-refractivity contribution < 1.29 is 39.5 Å². The number of phenolic OH excluding ortho intramolecular Hbond substituents is 4. The minimum absolute atomic E-state index is 0.0829. The molecule has 8 nitrogen and oxygen atoms in total. The predicted molar refractivity (Wildman–Crippen MR) is 107 cm³/mol. The highest BCUT2D eigenvalue weighted by molar-refractivity contribution is 5.73. The molecule has 8 heteroatoms. The molecule has 0 radical (unpaired) electrons. The molecular weight excluding hydrogens is 392 g/mol. The first-order valence-corrected chi connectivity index (χ1v) is 9.41. The molecule has 0 fully saturated rings. The van der Waals surface area contributed by atoms with E-state index in [4.69, 9.17) is 9.47 Å². The lowest BCUT2D eigenvalue weighted by atomic mass is 9.80. The third-order valence-electron chi connectivity index (χ3n) is 5.05. The van der Waals surface area contributed by atoms with E-state index in [9.17, 15) is 30.0 Å². The number of methoxy groups -OCH3 is 2. The van der Waals surface area contributed by atoms with Gasteiger partial charge in [-0.1, -0.05) is 12.1 Å². The first kappa shape index (κ1) is 22.9. The highest BCUT2D eigenvalue weighted by atomic mass is 16.5. The third kappa shape index (κ3) is 6.04. The lowest BCUT2D eigenvalue weighted by molar-refractivity contribution is -0.148. The molecule has 30 heavy (non-hydrogen) atoms. The van der Waals surface area contributed by atoms with E-state index >= 15 is 0 Å². The Kier molecular flexibility index (Phi) is 7.91. The van der Waals surface area contributed by atoms with Gasteiger partial charge in [-0.25, -0.2) is 0 Å². The molecule has 0 amide bonds. The molecule has 0 aliphatic carbocycles. The average Bonchev–Trinajstić information content (AvgIpc) is 2.73. The van der Waals surface area contributed by atoms with E-state index < -0.39 is 17.9 Å². The molecule has 0 unspecified atom stereocenters. The van der Waals surface area contributed by atoms with Gasteiger partial charge in [0, 0.05) is 6.42 Å². The number of hydrogen-bond acceptors (Lipinski definition) is 8. The number of aromatic hydroxyl groups is 4. The van der Waals surface area contributed by atoms with Gasteiger partial charge in [0.15, 0.2) is 23.0 Å². The monoisotopic (exact) mass is 418 g/mol. The summed E-state index contributed by atoms with van der Waals surface area (Å²) >= 11 is 0. The summed E-state index contributed by atoms with van der Waals surface area (Å²) in [5, 5.41) is 38.6. The second-order valence-electron chi connectivity index (χ2n) is 7.06. The number of carbonyl (C=O) groups is 2. The van der Waals surface area contributed by atoms with Gasteiger partial charge < -0.3 is 29.9 Å². The normalized spacial score (nSPS) is 12.7. The minimum atomic E-state index is -0.667. The molecule has 0 aliphatic rings. The molecule has 0 spiro atoms. The SMILES string of the molecule is COC(=O)CC[C@@H](Cc1ccc(O)c(O)c1)[C@H](Cc1ccc(O)c(O)c1)C(=O)OC. The van der Waals surface area contributed by atoms with Crippen LogP contribution in [0.2, 0.25) is 0 Å². The lowest BCUT2D eigenvalue weighted by Crippen LogP contribution is -2.29. The molecule has 0 bridgehead atoms. The van der Waals surface area contributed by atoms with E-state index in [1.807, 2.05) is 0 Å². The van der Waals surface area contributed by atoms with E-state index in [1.54, 1.807) is 12.1 Å². The highest BCUT2D eigenvalue weighted by Gasteiger charge is 2.30. The van der Waals surface area contributed by atoms with Gasteiger partial charge in [0.2, 0.25) is 0 Å². The molecule has 4 N–H and O–H groups in total. The quantitative estimate of drug-likeness (QED) is 0.361. The number of carbonyl (C=O) groups excluding carboxylic acids is 2. The van der Waals surface area contributed by atoms with Gasteiger partial charge in [0.05, 0.1) is 20.1 Å². The van der Waals surface area contributed by atoms with Gasteiger partial charge in [0.1, 0.15) is 0 Å². The number of esters is 2. The molecule has 0 saturated carbocycles. The van der Waals surface area contributed by atoms with Crippen LogP contribution in [0.3, 0.4) is 0 Å². The maximum absolute atomic E-state index is 12.6. The van der Waals surface area contributed by atoms with Gasteiger partial charge in [0.25, 0.3) is 0 Å². The summed E-state index contributed by atoms with van der Waals surface area (Å²) in [4.78, 5) is 24.3. The largest absolute Gasteiger partial charge is 0.504 e. The molecule has 0 heterocycles. The third-order valence-corrected chi connectivity index (χ3v) is 5.05. The summed E-state index contributed by atoms with van der Waals surface area (Å²) in [7, 11) is 2.56. The maximum Gasteiger partial charge on any atom is 0.309 e. The van der Waals surface area contributed by atoms with E-state index in [2.05, 4.69) is 0 Å². The summed E-state index contributed by atoms with van der Waals surface area (Å²) in [6.07, 6.45) is 0.933. The van der Waals surface area contributed by atoms with Crippen molar-refractivity contribution >= 4 is 11.9 Å². The van der Waals surface area contributed by atoms with Crippen molar-refractivity contribution in [2.24, 2.45) is 11.8 Å². The van der Waals surface area contributed by atoms with Crippen LogP contribution in [0.4, 0.5) is 0 Å². The van der Waals surface area contributed by atoms with Crippen LogP contribution < -0.4 is 0 Å². The zero-order valence-electron chi connectivity index (χ0n) is 16.9. The lowest BCUT2D eigenvalue weighted by Gasteiger charge is -2.25. The van der Waals surface area contributed by atoms with Gasteiger partial charge in [-0.05, 0) is 60.6 Å². The molecule has 0 aromatic heterocycles. The van der Waals surface area contributed by atoms with Crippen LogP contribution in [0.1, 0.15) is 24.0 Å². The molecule has 0 aliphatic heterocycles. The van der Waals surface area contributed by atoms with Crippen LogP contribution in [0.25, 0.3) is 0 Å². The molecule has 2 aromatic rings. The zero-order chi connectivity index (χ0) is 22.3.